The van der Waals surface area contributed by atoms with Crippen LogP contribution in [0.2, 0.25) is 10.0 Å². The maximum atomic E-state index is 12.2. The van der Waals surface area contributed by atoms with E-state index in [2.05, 4.69) is 10.9 Å². The number of carbonyl (C=O) groups excluding carboxylic acids is 2. The van der Waals surface area contributed by atoms with Crippen LogP contribution in [0.4, 0.5) is 0 Å². The summed E-state index contributed by atoms with van der Waals surface area (Å²) in [4.78, 5) is 24.1. The highest BCUT2D eigenvalue weighted by molar-refractivity contribution is 6.42. The van der Waals surface area contributed by atoms with E-state index in [1.165, 1.54) is 12.2 Å². The van der Waals surface area contributed by atoms with Crippen LogP contribution in [0, 0.1) is 6.92 Å². The fourth-order valence-electron chi connectivity index (χ4n) is 2.42. The van der Waals surface area contributed by atoms with Gasteiger partial charge in [0.15, 0.2) is 5.76 Å². The van der Waals surface area contributed by atoms with Crippen molar-refractivity contribution >= 4 is 52.1 Å². The molecule has 0 aliphatic rings. The summed E-state index contributed by atoms with van der Waals surface area (Å²) in [6.07, 6.45) is 2.74. The Morgan fingerprint density at radius 2 is 1.81 bits per heavy atom. The van der Waals surface area contributed by atoms with Crippen molar-refractivity contribution in [2.45, 2.75) is 6.92 Å². The van der Waals surface area contributed by atoms with Gasteiger partial charge in [-0.15, -0.1) is 0 Å². The van der Waals surface area contributed by atoms with Gasteiger partial charge in [0, 0.05) is 17.0 Å². The Morgan fingerprint density at radius 1 is 1.04 bits per heavy atom. The topological polar surface area (TPSA) is 71.3 Å². The van der Waals surface area contributed by atoms with E-state index in [1.54, 1.807) is 31.2 Å². The Bertz CT molecular complexity index is 1020. The third kappa shape index (κ3) is 3.74. The Labute approximate surface area is 159 Å². The third-order valence-corrected chi connectivity index (χ3v) is 4.58. The quantitative estimate of drug-likeness (QED) is 0.511. The second-order valence-corrected chi connectivity index (χ2v) is 6.26. The average Bonchev–Trinajstić information content (AvgIpc) is 2.98. The monoisotopic (exact) mass is 388 g/mol. The van der Waals surface area contributed by atoms with E-state index in [-0.39, 0.29) is 5.76 Å². The number of amides is 2. The van der Waals surface area contributed by atoms with Crippen molar-refractivity contribution in [3.63, 3.8) is 0 Å². The molecule has 1 aromatic heterocycles. The van der Waals surface area contributed by atoms with Crippen LogP contribution in [0.25, 0.3) is 17.0 Å². The SMILES string of the molecule is Cc1c(C(=O)NNC(=O)/C=C/c2cccc(Cl)c2Cl)oc2ccccc12. The van der Waals surface area contributed by atoms with Gasteiger partial charge in [0.05, 0.1) is 10.0 Å². The number of para-hydroxylation sites is 1. The van der Waals surface area contributed by atoms with Crippen molar-refractivity contribution in [2.75, 3.05) is 0 Å². The summed E-state index contributed by atoms with van der Waals surface area (Å²) in [6.45, 7) is 1.78. The lowest BCUT2D eigenvalue weighted by Crippen LogP contribution is -2.40. The smallest absolute Gasteiger partial charge is 0.305 e. The predicted octanol–water partition coefficient (Wildman–Crippen LogP) is 4.52. The van der Waals surface area contributed by atoms with E-state index in [0.29, 0.717) is 26.8 Å². The normalized spacial score (nSPS) is 11.0. The van der Waals surface area contributed by atoms with E-state index < -0.39 is 11.8 Å². The van der Waals surface area contributed by atoms with E-state index in [0.717, 1.165) is 5.39 Å². The number of rotatable bonds is 3. The Hall–Kier alpha value is -2.76. The van der Waals surface area contributed by atoms with E-state index in [1.807, 2.05) is 18.2 Å². The molecule has 0 saturated carbocycles. The van der Waals surface area contributed by atoms with Gasteiger partial charge in [-0.25, -0.2) is 0 Å². The lowest BCUT2D eigenvalue weighted by Gasteiger charge is -2.04. The largest absolute Gasteiger partial charge is 0.451 e. The first-order chi connectivity index (χ1) is 12.5. The first-order valence-electron chi connectivity index (χ1n) is 7.68. The summed E-state index contributed by atoms with van der Waals surface area (Å²) < 4.78 is 5.54. The van der Waals surface area contributed by atoms with Crippen molar-refractivity contribution in [3.05, 3.63) is 75.5 Å². The molecule has 0 atom stereocenters. The summed E-state index contributed by atoms with van der Waals surface area (Å²) in [5.41, 5.74) is 6.52. The zero-order valence-electron chi connectivity index (χ0n) is 13.7. The number of benzene rings is 2. The molecule has 0 unspecified atom stereocenters. The van der Waals surface area contributed by atoms with E-state index in [9.17, 15) is 9.59 Å². The van der Waals surface area contributed by atoms with Gasteiger partial charge in [-0.05, 0) is 30.7 Å². The molecule has 0 saturated heterocycles. The number of nitrogens with one attached hydrogen (secondary N) is 2. The van der Waals surface area contributed by atoms with Crippen LogP contribution >= 0.6 is 23.2 Å². The number of furan rings is 1. The fraction of sp³-hybridized carbons (Fsp3) is 0.0526. The molecule has 0 spiro atoms. The van der Waals surface area contributed by atoms with Crippen LogP contribution in [0.1, 0.15) is 21.7 Å². The molecule has 0 fully saturated rings. The minimum absolute atomic E-state index is 0.147. The number of fused-ring (bicyclic) bond motifs is 1. The fourth-order valence-corrected chi connectivity index (χ4v) is 2.79. The van der Waals surface area contributed by atoms with Crippen molar-refractivity contribution in [2.24, 2.45) is 0 Å². The first kappa shape index (κ1) is 18.0. The standard InChI is InChI=1S/C19H14Cl2N2O3/c1-11-13-6-2-3-8-15(13)26-18(11)19(25)23-22-16(24)10-9-12-5-4-7-14(20)17(12)21/h2-10H,1H3,(H,22,24)(H,23,25)/b10-9+. The first-order valence-corrected chi connectivity index (χ1v) is 8.43. The number of hydrogen-bond acceptors (Lipinski definition) is 3. The summed E-state index contributed by atoms with van der Waals surface area (Å²) in [7, 11) is 0. The lowest BCUT2D eigenvalue weighted by molar-refractivity contribution is -0.117. The highest BCUT2D eigenvalue weighted by atomic mass is 35.5. The van der Waals surface area contributed by atoms with E-state index in [4.69, 9.17) is 27.6 Å². The highest BCUT2D eigenvalue weighted by Crippen LogP contribution is 2.26. The van der Waals surface area contributed by atoms with Crippen LogP contribution in [0.15, 0.2) is 53.0 Å². The zero-order chi connectivity index (χ0) is 18.7. The maximum absolute atomic E-state index is 12.2. The van der Waals surface area contributed by atoms with E-state index >= 15 is 0 Å². The second-order valence-electron chi connectivity index (χ2n) is 5.47. The van der Waals surface area contributed by atoms with Crippen LogP contribution < -0.4 is 10.9 Å². The minimum Gasteiger partial charge on any atom is -0.451 e. The minimum atomic E-state index is -0.541. The second kappa shape index (κ2) is 7.64. The van der Waals surface area contributed by atoms with Crippen LogP contribution in [0.5, 0.6) is 0 Å². The number of hydrogen-bond donors (Lipinski definition) is 2. The van der Waals surface area contributed by atoms with Gasteiger partial charge >= 0.3 is 5.91 Å². The maximum Gasteiger partial charge on any atom is 0.305 e. The van der Waals surface area contributed by atoms with Gasteiger partial charge in [0.25, 0.3) is 5.91 Å². The van der Waals surface area contributed by atoms with Gasteiger partial charge in [0.2, 0.25) is 0 Å². The summed E-state index contributed by atoms with van der Waals surface area (Å²) >= 11 is 12.0. The number of carbonyl (C=O) groups is 2. The molecule has 3 aromatic rings. The third-order valence-electron chi connectivity index (χ3n) is 3.74. The molecular weight excluding hydrogens is 375 g/mol. The van der Waals surface area contributed by atoms with Gasteiger partial charge < -0.3 is 4.42 Å². The molecule has 2 N–H and O–H groups in total. The zero-order valence-corrected chi connectivity index (χ0v) is 15.2. The summed E-state index contributed by atoms with van der Waals surface area (Å²) in [5, 5.41) is 1.59. The molecule has 7 heteroatoms. The molecule has 3 rings (SSSR count). The molecule has 0 bridgehead atoms. The Kier molecular flexibility index (Phi) is 5.30. The molecule has 0 aliphatic carbocycles. The lowest BCUT2D eigenvalue weighted by atomic mass is 10.1. The van der Waals surface area contributed by atoms with Crippen LogP contribution in [0.3, 0.4) is 0 Å². The van der Waals surface area contributed by atoms with Gasteiger partial charge in [-0.2, -0.15) is 0 Å². The predicted molar refractivity (Wildman–Crippen MR) is 102 cm³/mol. The molecule has 2 amide bonds. The molecule has 0 aliphatic heterocycles. The van der Waals surface area contributed by atoms with Gasteiger partial charge in [-0.1, -0.05) is 53.5 Å². The Morgan fingerprint density at radius 3 is 2.58 bits per heavy atom. The average molecular weight is 389 g/mol. The van der Waals surface area contributed by atoms with Crippen molar-refractivity contribution in [1.82, 2.24) is 10.9 Å². The van der Waals surface area contributed by atoms with Crippen molar-refractivity contribution in [3.8, 4) is 0 Å². The molecule has 26 heavy (non-hydrogen) atoms. The number of aryl methyl sites for hydroxylation is 1. The molecule has 2 aromatic carbocycles. The van der Waals surface area contributed by atoms with Gasteiger partial charge in [-0.3, -0.25) is 20.4 Å². The molecular formula is C19H14Cl2N2O3. The van der Waals surface area contributed by atoms with Crippen LogP contribution in [-0.4, -0.2) is 11.8 Å². The number of halogens is 2. The Balaban J connectivity index is 1.65. The molecule has 132 valence electrons. The summed E-state index contributed by atoms with van der Waals surface area (Å²) in [6, 6.07) is 12.4. The molecule has 5 nitrogen and oxygen atoms in total. The van der Waals surface area contributed by atoms with Crippen molar-refractivity contribution in [1.29, 1.82) is 0 Å². The van der Waals surface area contributed by atoms with Crippen molar-refractivity contribution < 1.29 is 14.0 Å². The number of hydrazine groups is 1. The molecule has 1 heterocycles. The molecule has 0 radical (unpaired) electrons. The van der Waals surface area contributed by atoms with Crippen LogP contribution in [-0.2, 0) is 4.79 Å². The highest BCUT2D eigenvalue weighted by Gasteiger charge is 2.17. The summed E-state index contributed by atoms with van der Waals surface area (Å²) in [5.74, 6) is -0.919. The van der Waals surface area contributed by atoms with Gasteiger partial charge in [0.1, 0.15) is 5.58 Å².